The van der Waals surface area contributed by atoms with E-state index in [4.69, 9.17) is 4.74 Å². The second-order valence-electron chi connectivity index (χ2n) is 4.66. The minimum Gasteiger partial charge on any atom is -0.443 e. The molecule has 0 aromatic carbocycles. The Hall–Kier alpha value is -0.590. The number of ether oxygens (including phenoxy) is 1. The maximum absolute atomic E-state index is 11.4. The van der Waals surface area contributed by atoms with Crippen LogP contribution in [-0.2, 0) is 4.74 Å². The molecule has 0 aliphatic rings. The number of halogens is 1. The number of carbonyl (C=O) groups excluding carboxylic acids is 1. The molecule has 1 aromatic rings. The standard InChI is InChI=1S/C11H17BrN2O2S/c1-7(9-5-8(12)6-17-9)13-14-10(15)16-11(2,3)4/h5-7,13H,1-4H3,(H,14,15). The molecule has 1 atom stereocenters. The number of amides is 1. The lowest BCUT2D eigenvalue weighted by Gasteiger charge is -2.21. The van der Waals surface area contributed by atoms with E-state index in [-0.39, 0.29) is 6.04 Å². The van der Waals surface area contributed by atoms with Crippen molar-refractivity contribution in [1.29, 1.82) is 0 Å². The minimum absolute atomic E-state index is 0.0406. The fraction of sp³-hybridized carbons (Fsp3) is 0.545. The van der Waals surface area contributed by atoms with Gasteiger partial charge in [0.1, 0.15) is 5.60 Å². The molecule has 0 aliphatic heterocycles. The van der Waals surface area contributed by atoms with Gasteiger partial charge in [-0.15, -0.1) is 11.3 Å². The molecule has 0 aliphatic carbocycles. The Labute approximate surface area is 114 Å². The van der Waals surface area contributed by atoms with Crippen molar-refractivity contribution in [3.05, 3.63) is 20.8 Å². The maximum atomic E-state index is 11.4. The Balaban J connectivity index is 2.38. The van der Waals surface area contributed by atoms with E-state index >= 15 is 0 Å². The fourth-order valence-corrected chi connectivity index (χ4v) is 2.55. The van der Waals surface area contributed by atoms with E-state index < -0.39 is 11.7 Å². The molecule has 1 aromatic heterocycles. The molecular weight excluding hydrogens is 304 g/mol. The summed E-state index contributed by atoms with van der Waals surface area (Å²) in [7, 11) is 0. The lowest BCUT2D eigenvalue weighted by Crippen LogP contribution is -2.42. The van der Waals surface area contributed by atoms with Gasteiger partial charge in [-0.05, 0) is 49.7 Å². The first-order valence-electron chi connectivity index (χ1n) is 5.26. The quantitative estimate of drug-likeness (QED) is 0.836. The molecule has 2 N–H and O–H groups in total. The van der Waals surface area contributed by atoms with Gasteiger partial charge in [0.2, 0.25) is 0 Å². The van der Waals surface area contributed by atoms with Crippen molar-refractivity contribution in [3.8, 4) is 0 Å². The first-order chi connectivity index (χ1) is 7.78. The second-order valence-corrected chi connectivity index (χ2v) is 6.52. The average molecular weight is 321 g/mol. The number of thiophene rings is 1. The third-order valence-corrected chi connectivity index (χ3v) is 3.68. The van der Waals surface area contributed by atoms with E-state index in [1.54, 1.807) is 11.3 Å². The summed E-state index contributed by atoms with van der Waals surface area (Å²) in [6, 6.07) is 2.05. The number of hydrogen-bond donors (Lipinski definition) is 2. The Morgan fingerprint density at radius 1 is 1.53 bits per heavy atom. The second kappa shape index (κ2) is 5.84. The average Bonchev–Trinajstić information content (AvgIpc) is 2.58. The van der Waals surface area contributed by atoms with Crippen molar-refractivity contribution < 1.29 is 9.53 Å². The monoisotopic (exact) mass is 320 g/mol. The molecule has 0 spiro atoms. The Bertz CT molecular complexity index is 387. The van der Waals surface area contributed by atoms with Crippen LogP contribution in [-0.4, -0.2) is 11.7 Å². The van der Waals surface area contributed by atoms with Crippen molar-refractivity contribution in [2.45, 2.75) is 39.3 Å². The predicted molar refractivity (Wildman–Crippen MR) is 72.9 cm³/mol. The third-order valence-electron chi connectivity index (χ3n) is 1.80. The molecule has 0 saturated carbocycles. The lowest BCUT2D eigenvalue weighted by atomic mass is 10.2. The van der Waals surface area contributed by atoms with Gasteiger partial charge in [-0.3, -0.25) is 5.43 Å². The molecule has 1 rings (SSSR count). The Kier molecular flexibility index (Phi) is 4.97. The normalized spacial score (nSPS) is 13.2. The highest BCUT2D eigenvalue weighted by atomic mass is 79.9. The molecule has 1 amide bonds. The highest BCUT2D eigenvalue weighted by molar-refractivity contribution is 9.10. The summed E-state index contributed by atoms with van der Waals surface area (Å²) in [4.78, 5) is 12.5. The smallest absolute Gasteiger partial charge is 0.422 e. The van der Waals surface area contributed by atoms with Crippen LogP contribution in [0, 0.1) is 0 Å². The summed E-state index contributed by atoms with van der Waals surface area (Å²) >= 11 is 5.01. The SMILES string of the molecule is CC(NNC(=O)OC(C)(C)C)c1cc(Br)cs1. The van der Waals surface area contributed by atoms with Crippen LogP contribution in [0.1, 0.15) is 38.6 Å². The van der Waals surface area contributed by atoms with Gasteiger partial charge in [-0.2, -0.15) is 0 Å². The first-order valence-corrected chi connectivity index (χ1v) is 6.93. The summed E-state index contributed by atoms with van der Waals surface area (Å²) in [6.07, 6.45) is -0.472. The highest BCUT2D eigenvalue weighted by Gasteiger charge is 2.16. The van der Waals surface area contributed by atoms with Crippen LogP contribution in [0.3, 0.4) is 0 Å². The summed E-state index contributed by atoms with van der Waals surface area (Å²) in [5.74, 6) is 0. The van der Waals surface area contributed by atoms with Crippen LogP contribution >= 0.6 is 27.3 Å². The van der Waals surface area contributed by atoms with Crippen LogP contribution in [0.2, 0.25) is 0 Å². The molecule has 0 fully saturated rings. The van der Waals surface area contributed by atoms with Crippen molar-refractivity contribution in [2.24, 2.45) is 0 Å². The van der Waals surface area contributed by atoms with Gasteiger partial charge < -0.3 is 4.74 Å². The van der Waals surface area contributed by atoms with Gasteiger partial charge in [0.25, 0.3) is 0 Å². The molecule has 0 radical (unpaired) electrons. The molecular formula is C11H17BrN2O2S. The van der Waals surface area contributed by atoms with E-state index in [1.165, 1.54) is 0 Å². The fourth-order valence-electron chi connectivity index (χ4n) is 1.10. The molecule has 4 nitrogen and oxygen atoms in total. The zero-order chi connectivity index (χ0) is 13.1. The predicted octanol–water partition coefficient (Wildman–Crippen LogP) is 3.60. The molecule has 6 heteroatoms. The zero-order valence-corrected chi connectivity index (χ0v) is 12.7. The van der Waals surface area contributed by atoms with E-state index in [1.807, 2.05) is 39.1 Å². The van der Waals surface area contributed by atoms with Crippen molar-refractivity contribution >= 4 is 33.4 Å². The lowest BCUT2D eigenvalue weighted by molar-refractivity contribution is 0.0490. The number of rotatable bonds is 3. The zero-order valence-electron chi connectivity index (χ0n) is 10.3. The Morgan fingerprint density at radius 3 is 2.65 bits per heavy atom. The summed E-state index contributed by atoms with van der Waals surface area (Å²) in [6.45, 7) is 7.45. The topological polar surface area (TPSA) is 50.4 Å². The van der Waals surface area contributed by atoms with Gasteiger partial charge in [0.15, 0.2) is 0 Å². The number of hydrazine groups is 1. The van der Waals surface area contributed by atoms with E-state index in [9.17, 15) is 4.79 Å². The van der Waals surface area contributed by atoms with E-state index in [0.717, 1.165) is 9.35 Å². The van der Waals surface area contributed by atoms with Gasteiger partial charge in [0, 0.05) is 14.7 Å². The molecule has 1 heterocycles. The molecule has 96 valence electrons. The maximum Gasteiger partial charge on any atom is 0.422 e. The Morgan fingerprint density at radius 2 is 2.18 bits per heavy atom. The van der Waals surface area contributed by atoms with Crippen LogP contribution in [0.25, 0.3) is 0 Å². The van der Waals surface area contributed by atoms with Gasteiger partial charge in [0.05, 0.1) is 6.04 Å². The van der Waals surface area contributed by atoms with Gasteiger partial charge >= 0.3 is 6.09 Å². The number of nitrogens with one attached hydrogen (secondary N) is 2. The van der Waals surface area contributed by atoms with Gasteiger partial charge in [-0.1, -0.05) is 0 Å². The van der Waals surface area contributed by atoms with Crippen LogP contribution in [0.5, 0.6) is 0 Å². The molecule has 0 bridgehead atoms. The highest BCUT2D eigenvalue weighted by Crippen LogP contribution is 2.24. The molecule has 17 heavy (non-hydrogen) atoms. The summed E-state index contributed by atoms with van der Waals surface area (Å²) in [5, 5.41) is 2.00. The van der Waals surface area contributed by atoms with Crippen molar-refractivity contribution in [1.82, 2.24) is 10.9 Å². The number of carbonyl (C=O) groups is 1. The largest absolute Gasteiger partial charge is 0.443 e. The van der Waals surface area contributed by atoms with Crippen molar-refractivity contribution in [3.63, 3.8) is 0 Å². The van der Waals surface area contributed by atoms with E-state index in [0.29, 0.717) is 0 Å². The van der Waals surface area contributed by atoms with E-state index in [2.05, 4.69) is 26.8 Å². The molecule has 0 saturated heterocycles. The van der Waals surface area contributed by atoms with Crippen LogP contribution < -0.4 is 10.9 Å². The van der Waals surface area contributed by atoms with Crippen molar-refractivity contribution in [2.75, 3.05) is 0 Å². The first kappa shape index (κ1) is 14.5. The summed E-state index contributed by atoms with van der Waals surface area (Å²) < 4.78 is 6.16. The van der Waals surface area contributed by atoms with Crippen LogP contribution in [0.4, 0.5) is 4.79 Å². The third kappa shape index (κ3) is 5.52. The summed E-state index contributed by atoms with van der Waals surface area (Å²) in [5.41, 5.74) is 4.94. The minimum atomic E-state index is -0.485. The van der Waals surface area contributed by atoms with Gasteiger partial charge in [-0.25, -0.2) is 10.2 Å². The van der Waals surface area contributed by atoms with Crippen LogP contribution in [0.15, 0.2) is 15.9 Å². The number of hydrogen-bond acceptors (Lipinski definition) is 4. The molecule has 1 unspecified atom stereocenters.